The van der Waals surface area contributed by atoms with Gasteiger partial charge in [0, 0.05) is 31.0 Å². The maximum atomic E-state index is 9.15. The smallest absolute Gasteiger partial charge is 0.225 e. The monoisotopic (exact) mass is 477 g/mol. The van der Waals surface area contributed by atoms with Crippen LogP contribution in [0.25, 0.3) is 22.6 Å². The fourth-order valence-corrected chi connectivity index (χ4v) is 3.64. The van der Waals surface area contributed by atoms with Crippen molar-refractivity contribution in [3.63, 3.8) is 0 Å². The van der Waals surface area contributed by atoms with E-state index in [1.165, 1.54) is 0 Å². The molecule has 0 amide bonds. The number of ether oxygens (including phenoxy) is 1. The largest absolute Gasteiger partial charge is 0.373 e. The number of hydrogen-bond acceptors (Lipinski definition) is 9. The van der Waals surface area contributed by atoms with E-state index in [0.717, 1.165) is 16.6 Å². The molecule has 1 atom stereocenters. The number of anilines is 1. The first-order valence-corrected chi connectivity index (χ1v) is 10.4. The first-order valence-electron chi connectivity index (χ1n) is 9.60. The van der Waals surface area contributed by atoms with Crippen molar-refractivity contribution < 1.29 is 4.74 Å². The quantitative estimate of drug-likeness (QED) is 0.435. The second kappa shape index (κ2) is 8.33. The third-order valence-corrected chi connectivity index (χ3v) is 5.33. The van der Waals surface area contributed by atoms with Gasteiger partial charge < -0.3 is 9.64 Å². The van der Waals surface area contributed by atoms with Crippen molar-refractivity contribution in [3.05, 3.63) is 52.9 Å². The topological polar surface area (TPSA) is 119 Å². The molecule has 1 aliphatic heterocycles. The molecule has 1 aliphatic rings. The highest BCUT2D eigenvalue weighted by Crippen LogP contribution is 2.20. The molecule has 0 bridgehead atoms. The fourth-order valence-electron chi connectivity index (χ4n) is 3.44. The summed E-state index contributed by atoms with van der Waals surface area (Å²) in [6, 6.07) is 9.40. The molecule has 1 saturated heterocycles. The third kappa shape index (κ3) is 4.08. The molecule has 10 nitrogen and oxygen atoms in total. The van der Waals surface area contributed by atoms with E-state index in [-0.39, 0.29) is 6.10 Å². The molecule has 11 heteroatoms. The van der Waals surface area contributed by atoms with Crippen LogP contribution in [0.2, 0.25) is 0 Å². The van der Waals surface area contributed by atoms with Crippen LogP contribution in [0.15, 0.2) is 47.3 Å². The van der Waals surface area contributed by atoms with Gasteiger partial charge in [0.25, 0.3) is 0 Å². The lowest BCUT2D eigenvalue weighted by Crippen LogP contribution is -2.45. The summed E-state index contributed by atoms with van der Waals surface area (Å²) in [5, 5.41) is 17.5. The number of nitrogens with zero attached hydrogens (tertiary/aromatic N) is 9. The fraction of sp³-hybridized carbons (Fsp3) is 0.250. The molecule has 0 spiro atoms. The number of morpholine rings is 1. The van der Waals surface area contributed by atoms with Crippen LogP contribution < -0.4 is 4.90 Å². The van der Waals surface area contributed by atoms with E-state index in [1.807, 2.05) is 12.1 Å². The average Bonchev–Trinajstić information content (AvgIpc) is 3.21. The Labute approximate surface area is 185 Å². The van der Waals surface area contributed by atoms with Gasteiger partial charge >= 0.3 is 0 Å². The minimum atomic E-state index is -0.127. The number of rotatable bonds is 4. The van der Waals surface area contributed by atoms with Crippen LogP contribution in [-0.2, 0) is 11.3 Å². The molecular weight excluding hydrogens is 462 g/mol. The van der Waals surface area contributed by atoms with Gasteiger partial charge in [-0.2, -0.15) is 5.26 Å². The third-order valence-electron chi connectivity index (χ3n) is 4.92. The molecule has 154 valence electrons. The number of hydrogen-bond donors (Lipinski definition) is 0. The van der Waals surface area contributed by atoms with Crippen LogP contribution >= 0.6 is 15.9 Å². The van der Waals surface area contributed by atoms with Gasteiger partial charge in [0.1, 0.15) is 0 Å². The van der Waals surface area contributed by atoms with Gasteiger partial charge in [0.05, 0.1) is 47.3 Å². The summed E-state index contributed by atoms with van der Waals surface area (Å²) in [5.74, 6) is 0.666. The zero-order valence-electron chi connectivity index (χ0n) is 16.3. The lowest BCUT2D eigenvalue weighted by atomic mass is 10.1. The molecule has 0 radical (unpaired) electrons. The number of nitriles is 1. The Bertz CT molecular complexity index is 1270. The molecule has 0 saturated carbocycles. The SMILES string of the molecule is N#Cc1cccc(-c2cnc3nnn(CC4CN(c5ncc(Br)cn5)CCO4)c3n2)c1. The highest BCUT2D eigenvalue weighted by molar-refractivity contribution is 9.10. The van der Waals surface area contributed by atoms with Crippen molar-refractivity contribution in [2.75, 3.05) is 24.6 Å². The Balaban J connectivity index is 1.38. The van der Waals surface area contributed by atoms with Crippen molar-refractivity contribution in [3.8, 4) is 17.3 Å². The second-order valence-corrected chi connectivity index (χ2v) is 7.92. The Kier molecular flexibility index (Phi) is 5.23. The van der Waals surface area contributed by atoms with Crippen molar-refractivity contribution in [1.82, 2.24) is 34.9 Å². The van der Waals surface area contributed by atoms with Crippen molar-refractivity contribution in [2.24, 2.45) is 0 Å². The minimum absolute atomic E-state index is 0.127. The molecule has 1 aromatic carbocycles. The summed E-state index contributed by atoms with van der Waals surface area (Å²) in [6.07, 6.45) is 4.98. The normalized spacial score (nSPS) is 16.4. The van der Waals surface area contributed by atoms with E-state index in [4.69, 9.17) is 15.0 Å². The van der Waals surface area contributed by atoms with E-state index >= 15 is 0 Å². The van der Waals surface area contributed by atoms with Gasteiger partial charge in [-0.1, -0.05) is 17.3 Å². The van der Waals surface area contributed by atoms with Crippen LogP contribution in [0.5, 0.6) is 0 Å². The Morgan fingerprint density at radius 2 is 2.06 bits per heavy atom. The lowest BCUT2D eigenvalue weighted by molar-refractivity contribution is 0.0272. The van der Waals surface area contributed by atoms with E-state index < -0.39 is 0 Å². The molecule has 0 N–H and O–H groups in total. The predicted octanol–water partition coefficient (Wildman–Crippen LogP) is 2.22. The zero-order valence-corrected chi connectivity index (χ0v) is 17.8. The summed E-state index contributed by atoms with van der Waals surface area (Å²) in [5.41, 5.74) is 3.07. The Morgan fingerprint density at radius 1 is 1.19 bits per heavy atom. The van der Waals surface area contributed by atoms with Crippen LogP contribution in [0.1, 0.15) is 5.56 Å². The van der Waals surface area contributed by atoms with E-state index in [1.54, 1.807) is 35.4 Å². The highest BCUT2D eigenvalue weighted by atomic mass is 79.9. The molecule has 1 fully saturated rings. The molecular formula is C20H16BrN9O. The molecule has 31 heavy (non-hydrogen) atoms. The van der Waals surface area contributed by atoms with Crippen molar-refractivity contribution in [2.45, 2.75) is 12.6 Å². The molecule has 4 aromatic rings. The molecule has 0 aliphatic carbocycles. The van der Waals surface area contributed by atoms with Gasteiger partial charge in [-0.05, 0) is 28.1 Å². The molecule has 5 rings (SSSR count). The standard InChI is InChI=1S/C20H16BrN9O/c21-15-8-24-20(25-9-15)29-4-5-31-16(11-29)12-30-19-18(27-28-30)23-10-17(26-19)14-3-1-2-13(6-14)7-22/h1-3,6,8-10,16H,4-5,11-12H2. The number of halogens is 1. The number of fused-ring (bicyclic) bond motifs is 1. The van der Waals surface area contributed by atoms with Gasteiger partial charge in [-0.3, -0.25) is 0 Å². The number of benzene rings is 1. The van der Waals surface area contributed by atoms with Crippen LogP contribution in [0.3, 0.4) is 0 Å². The predicted molar refractivity (Wildman–Crippen MR) is 115 cm³/mol. The van der Waals surface area contributed by atoms with Gasteiger partial charge in [-0.15, -0.1) is 5.10 Å². The van der Waals surface area contributed by atoms with Gasteiger partial charge in [0.2, 0.25) is 11.6 Å². The summed E-state index contributed by atoms with van der Waals surface area (Å²) >= 11 is 3.36. The lowest BCUT2D eigenvalue weighted by Gasteiger charge is -2.32. The van der Waals surface area contributed by atoms with Crippen molar-refractivity contribution >= 4 is 33.2 Å². The highest BCUT2D eigenvalue weighted by Gasteiger charge is 2.24. The summed E-state index contributed by atoms with van der Waals surface area (Å²) in [6.45, 7) is 2.38. The first kappa shape index (κ1) is 19.5. The Morgan fingerprint density at radius 3 is 2.90 bits per heavy atom. The Hall–Kier alpha value is -3.49. The summed E-state index contributed by atoms with van der Waals surface area (Å²) in [7, 11) is 0. The number of aromatic nitrogens is 7. The van der Waals surface area contributed by atoms with Gasteiger partial charge in [0.15, 0.2) is 5.65 Å². The van der Waals surface area contributed by atoms with Crippen LogP contribution in [0.4, 0.5) is 5.95 Å². The van der Waals surface area contributed by atoms with Crippen LogP contribution in [0, 0.1) is 11.3 Å². The molecule has 1 unspecified atom stereocenters. The summed E-state index contributed by atoms with van der Waals surface area (Å²) < 4.78 is 8.48. The maximum absolute atomic E-state index is 9.15. The van der Waals surface area contributed by atoms with Gasteiger partial charge in [-0.25, -0.2) is 24.6 Å². The van der Waals surface area contributed by atoms with E-state index in [0.29, 0.717) is 48.2 Å². The second-order valence-electron chi connectivity index (χ2n) is 7.01. The maximum Gasteiger partial charge on any atom is 0.225 e. The first-order chi connectivity index (χ1) is 15.2. The molecule has 3 aromatic heterocycles. The minimum Gasteiger partial charge on any atom is -0.373 e. The zero-order chi connectivity index (χ0) is 21.2. The summed E-state index contributed by atoms with van der Waals surface area (Å²) in [4.78, 5) is 19.9. The average molecular weight is 478 g/mol. The van der Waals surface area contributed by atoms with E-state index in [9.17, 15) is 0 Å². The molecule has 4 heterocycles. The van der Waals surface area contributed by atoms with Crippen molar-refractivity contribution in [1.29, 1.82) is 5.26 Å². The van der Waals surface area contributed by atoms with Crippen LogP contribution in [-0.4, -0.2) is 60.7 Å². The van der Waals surface area contributed by atoms with E-state index in [2.05, 4.69) is 52.2 Å².